The lowest BCUT2D eigenvalue weighted by Crippen LogP contribution is -2.40. The number of ether oxygens (including phenoxy) is 1. The molecule has 0 radical (unpaired) electrons. The second kappa shape index (κ2) is 12.5. The van der Waals surface area contributed by atoms with Crippen LogP contribution in [0.15, 0.2) is 34.2 Å². The van der Waals surface area contributed by atoms with Gasteiger partial charge in [0.2, 0.25) is 0 Å². The van der Waals surface area contributed by atoms with E-state index in [9.17, 15) is 8.42 Å². The zero-order valence-corrected chi connectivity index (χ0v) is 20.3. The van der Waals surface area contributed by atoms with Crippen molar-refractivity contribution in [3.05, 3.63) is 24.3 Å². The Hall–Kier alpha value is -1.03. The van der Waals surface area contributed by atoms with E-state index in [4.69, 9.17) is 4.74 Å². The van der Waals surface area contributed by atoms with Crippen LogP contribution in [0.2, 0.25) is 0 Å². The number of nitrogens with one attached hydrogen (secondary N) is 2. The van der Waals surface area contributed by atoms with Crippen molar-refractivity contribution >= 4 is 39.8 Å². The molecule has 28 heavy (non-hydrogen) atoms. The molecule has 2 unspecified atom stereocenters. The summed E-state index contributed by atoms with van der Waals surface area (Å²) < 4.78 is 28.5. The molecule has 2 atom stereocenters. The fourth-order valence-corrected chi connectivity index (χ4v) is 4.19. The predicted octanol–water partition coefficient (Wildman–Crippen LogP) is 3.47. The standard InChI is InChI=1S/C20H33N3O3S.HI/c1-16-5-4-6-17(15-16)11-12-22-20(21-2)23-13-14-26-18-7-9-19(10-8-18)27(3,24)25;/h7-10,16-17H,4-6,11-15H2,1-3H3,(H2,21,22,23);1H. The topological polar surface area (TPSA) is 79.8 Å². The van der Waals surface area contributed by atoms with E-state index in [1.54, 1.807) is 31.3 Å². The van der Waals surface area contributed by atoms with Crippen molar-refractivity contribution < 1.29 is 13.2 Å². The highest BCUT2D eigenvalue weighted by Gasteiger charge is 2.18. The van der Waals surface area contributed by atoms with E-state index in [0.717, 1.165) is 24.3 Å². The fraction of sp³-hybridized carbons (Fsp3) is 0.650. The van der Waals surface area contributed by atoms with E-state index >= 15 is 0 Å². The molecule has 2 rings (SSSR count). The summed E-state index contributed by atoms with van der Waals surface area (Å²) in [5.41, 5.74) is 0. The zero-order valence-electron chi connectivity index (χ0n) is 17.1. The van der Waals surface area contributed by atoms with Crippen molar-refractivity contribution in [1.82, 2.24) is 10.6 Å². The van der Waals surface area contributed by atoms with E-state index in [0.29, 0.717) is 23.8 Å². The molecule has 2 N–H and O–H groups in total. The van der Waals surface area contributed by atoms with Gasteiger partial charge in [-0.1, -0.05) is 26.2 Å². The summed E-state index contributed by atoms with van der Waals surface area (Å²) in [5.74, 6) is 3.14. The molecule has 0 aromatic heterocycles. The highest BCUT2D eigenvalue weighted by Crippen LogP contribution is 2.30. The summed E-state index contributed by atoms with van der Waals surface area (Å²) in [7, 11) is -1.40. The molecule has 1 aliphatic carbocycles. The molecule has 0 spiro atoms. The Morgan fingerprint density at radius 2 is 1.86 bits per heavy atom. The molecule has 0 saturated heterocycles. The molecular weight excluding hydrogens is 489 g/mol. The van der Waals surface area contributed by atoms with Crippen molar-refractivity contribution in [3.8, 4) is 5.75 Å². The van der Waals surface area contributed by atoms with Gasteiger partial charge in [-0.15, -0.1) is 24.0 Å². The van der Waals surface area contributed by atoms with Gasteiger partial charge in [0.25, 0.3) is 0 Å². The summed E-state index contributed by atoms with van der Waals surface area (Å²) in [6.07, 6.45) is 7.82. The van der Waals surface area contributed by atoms with Crippen LogP contribution in [0.25, 0.3) is 0 Å². The van der Waals surface area contributed by atoms with Gasteiger partial charge < -0.3 is 15.4 Å². The van der Waals surface area contributed by atoms with Crippen molar-refractivity contribution in [3.63, 3.8) is 0 Å². The quantitative estimate of drug-likeness (QED) is 0.236. The SMILES string of the molecule is CN=C(NCCOc1ccc(S(C)(=O)=O)cc1)NCCC1CCCC(C)C1.I. The molecular formula is C20H34IN3O3S. The normalized spacial score (nSPS) is 20.2. The van der Waals surface area contributed by atoms with E-state index in [2.05, 4.69) is 22.5 Å². The molecule has 1 aromatic rings. The van der Waals surface area contributed by atoms with Gasteiger partial charge >= 0.3 is 0 Å². The maximum Gasteiger partial charge on any atom is 0.191 e. The summed E-state index contributed by atoms with van der Waals surface area (Å²) in [6.45, 7) is 4.38. The van der Waals surface area contributed by atoms with Gasteiger partial charge in [0.05, 0.1) is 11.4 Å². The van der Waals surface area contributed by atoms with Crippen LogP contribution in [0.5, 0.6) is 5.75 Å². The molecule has 0 bridgehead atoms. The Labute approximate surface area is 186 Å². The van der Waals surface area contributed by atoms with Crippen LogP contribution >= 0.6 is 24.0 Å². The highest BCUT2D eigenvalue weighted by molar-refractivity contribution is 14.0. The smallest absolute Gasteiger partial charge is 0.191 e. The summed E-state index contributed by atoms with van der Waals surface area (Å²) >= 11 is 0. The number of hydrogen-bond acceptors (Lipinski definition) is 4. The molecule has 0 aliphatic heterocycles. The molecule has 6 nitrogen and oxygen atoms in total. The Balaban J connectivity index is 0.00000392. The maximum atomic E-state index is 11.4. The van der Waals surface area contributed by atoms with E-state index in [1.807, 2.05) is 0 Å². The molecule has 1 saturated carbocycles. The lowest BCUT2D eigenvalue weighted by molar-refractivity contribution is 0.270. The lowest BCUT2D eigenvalue weighted by Gasteiger charge is -2.26. The molecule has 8 heteroatoms. The first-order chi connectivity index (χ1) is 12.9. The van der Waals surface area contributed by atoms with Crippen molar-refractivity contribution in [2.45, 2.75) is 43.9 Å². The third-order valence-corrected chi connectivity index (χ3v) is 6.16. The van der Waals surface area contributed by atoms with Gasteiger partial charge in [-0.2, -0.15) is 0 Å². The third-order valence-electron chi connectivity index (χ3n) is 5.03. The summed E-state index contributed by atoms with van der Waals surface area (Å²) in [4.78, 5) is 4.54. The number of aliphatic imine (C=N–C) groups is 1. The van der Waals surface area contributed by atoms with Gasteiger partial charge in [-0.3, -0.25) is 4.99 Å². The monoisotopic (exact) mass is 523 g/mol. The molecule has 160 valence electrons. The number of rotatable bonds is 8. The minimum absolute atomic E-state index is 0. The summed E-state index contributed by atoms with van der Waals surface area (Å²) in [5, 5.41) is 6.61. The van der Waals surface area contributed by atoms with Gasteiger partial charge in [0.1, 0.15) is 12.4 Å². The second-order valence-corrected chi connectivity index (χ2v) is 9.46. The van der Waals surface area contributed by atoms with Crippen LogP contribution < -0.4 is 15.4 Å². The average Bonchev–Trinajstić information content (AvgIpc) is 2.63. The molecule has 1 aromatic carbocycles. The van der Waals surface area contributed by atoms with Crippen LogP contribution in [0, 0.1) is 11.8 Å². The first-order valence-corrected chi connectivity index (χ1v) is 11.6. The number of hydrogen-bond donors (Lipinski definition) is 2. The van der Waals surface area contributed by atoms with Crippen molar-refractivity contribution in [2.24, 2.45) is 16.8 Å². The average molecular weight is 523 g/mol. The Morgan fingerprint density at radius 1 is 1.18 bits per heavy atom. The highest BCUT2D eigenvalue weighted by atomic mass is 127. The van der Waals surface area contributed by atoms with Gasteiger partial charge in [-0.25, -0.2) is 8.42 Å². The van der Waals surface area contributed by atoms with Crippen molar-refractivity contribution in [1.29, 1.82) is 0 Å². The first-order valence-electron chi connectivity index (χ1n) is 9.76. The maximum absolute atomic E-state index is 11.4. The Kier molecular flexibility index (Phi) is 11.2. The largest absolute Gasteiger partial charge is 0.492 e. The van der Waals surface area contributed by atoms with Crippen LogP contribution in [-0.2, 0) is 9.84 Å². The predicted molar refractivity (Wildman–Crippen MR) is 126 cm³/mol. The number of halogens is 1. The van der Waals surface area contributed by atoms with E-state index < -0.39 is 9.84 Å². The number of benzene rings is 1. The molecule has 0 heterocycles. The summed E-state index contributed by atoms with van der Waals surface area (Å²) in [6, 6.07) is 6.47. The zero-order chi connectivity index (χ0) is 19.7. The van der Waals surface area contributed by atoms with Crippen LogP contribution in [0.1, 0.15) is 39.0 Å². The van der Waals surface area contributed by atoms with E-state index in [1.165, 1.54) is 38.4 Å². The number of guanidine groups is 1. The van der Waals surface area contributed by atoms with Crippen LogP contribution in [0.4, 0.5) is 0 Å². The lowest BCUT2D eigenvalue weighted by atomic mass is 9.81. The molecule has 0 amide bonds. The van der Waals surface area contributed by atoms with E-state index in [-0.39, 0.29) is 24.0 Å². The number of sulfone groups is 1. The van der Waals surface area contributed by atoms with Gasteiger partial charge in [-0.05, 0) is 48.9 Å². The number of nitrogens with zero attached hydrogens (tertiary/aromatic N) is 1. The fourth-order valence-electron chi connectivity index (χ4n) is 3.56. The van der Waals surface area contributed by atoms with Crippen LogP contribution in [-0.4, -0.2) is 47.4 Å². The first kappa shape index (κ1) is 25.0. The Bertz CT molecular complexity index is 708. The van der Waals surface area contributed by atoms with Gasteiger partial charge in [0, 0.05) is 19.8 Å². The molecule has 1 aliphatic rings. The minimum atomic E-state index is -3.17. The Morgan fingerprint density at radius 3 is 2.46 bits per heavy atom. The minimum Gasteiger partial charge on any atom is -0.492 e. The third kappa shape index (κ3) is 8.98. The molecule has 1 fully saturated rings. The second-order valence-electron chi connectivity index (χ2n) is 7.44. The van der Waals surface area contributed by atoms with Gasteiger partial charge in [0.15, 0.2) is 15.8 Å². The van der Waals surface area contributed by atoms with Crippen molar-refractivity contribution in [2.75, 3.05) is 33.0 Å². The van der Waals surface area contributed by atoms with Crippen LogP contribution in [0.3, 0.4) is 0 Å².